The summed E-state index contributed by atoms with van der Waals surface area (Å²) in [6, 6.07) is 7.79. The molecule has 2 amide bonds. The van der Waals surface area contributed by atoms with Gasteiger partial charge >= 0.3 is 0 Å². The fourth-order valence-corrected chi connectivity index (χ4v) is 2.74. The molecule has 1 aliphatic rings. The van der Waals surface area contributed by atoms with Crippen LogP contribution < -0.4 is 16.6 Å². The van der Waals surface area contributed by atoms with Crippen LogP contribution in [0.2, 0.25) is 0 Å². The van der Waals surface area contributed by atoms with Crippen molar-refractivity contribution in [2.75, 3.05) is 5.73 Å². The molecule has 0 bridgehead atoms. The predicted octanol–water partition coefficient (Wildman–Crippen LogP) is 0.662. The van der Waals surface area contributed by atoms with Crippen LogP contribution in [0.5, 0.6) is 0 Å². The van der Waals surface area contributed by atoms with E-state index in [1.807, 2.05) is 0 Å². The van der Waals surface area contributed by atoms with E-state index in [1.54, 1.807) is 31.2 Å². The summed E-state index contributed by atoms with van der Waals surface area (Å²) in [4.78, 5) is 40.2. The lowest BCUT2D eigenvalue weighted by molar-refractivity contribution is 0.0880. The Morgan fingerprint density at radius 1 is 1.16 bits per heavy atom. The number of benzene rings is 1. The molecule has 9 heteroatoms. The van der Waals surface area contributed by atoms with Gasteiger partial charge in [0.1, 0.15) is 5.82 Å². The highest BCUT2D eigenvalue weighted by Crippen LogP contribution is 2.25. The monoisotopic (exact) mass is 337 g/mol. The number of rotatable bonds is 2. The van der Waals surface area contributed by atoms with Gasteiger partial charge in [0.25, 0.3) is 23.3 Å². The van der Waals surface area contributed by atoms with Crippen LogP contribution in [0.4, 0.5) is 5.82 Å². The van der Waals surface area contributed by atoms with Gasteiger partial charge in [0.05, 0.1) is 16.8 Å². The molecule has 1 aromatic carbocycles. The van der Waals surface area contributed by atoms with E-state index in [4.69, 9.17) is 10.3 Å². The molecule has 3 heterocycles. The molecule has 0 saturated carbocycles. The molecule has 4 rings (SSSR count). The summed E-state index contributed by atoms with van der Waals surface area (Å²) in [6.45, 7) is 1.69. The summed E-state index contributed by atoms with van der Waals surface area (Å²) in [6.07, 6.45) is 0. The molecule has 9 nitrogen and oxygen atoms in total. The molecule has 124 valence electrons. The standard InChI is InChI=1S/C16H11N5O4/c1-7-18-16(25-20-7)8-3-2-4-9(5-8)21-11(22)6-10-12(13(21)17)15(24)19-14(10)23/h2-6H,17H2,1H3,(H,19,23,24). The van der Waals surface area contributed by atoms with Crippen molar-refractivity contribution in [3.63, 3.8) is 0 Å². The van der Waals surface area contributed by atoms with Crippen molar-refractivity contribution in [1.82, 2.24) is 20.0 Å². The summed E-state index contributed by atoms with van der Waals surface area (Å²) >= 11 is 0. The summed E-state index contributed by atoms with van der Waals surface area (Å²) < 4.78 is 6.27. The zero-order valence-electron chi connectivity index (χ0n) is 12.9. The predicted molar refractivity (Wildman–Crippen MR) is 86.3 cm³/mol. The second-order valence-corrected chi connectivity index (χ2v) is 5.47. The normalized spacial score (nSPS) is 13.0. The van der Waals surface area contributed by atoms with Gasteiger partial charge in [-0.15, -0.1) is 0 Å². The number of carbonyl (C=O) groups is 2. The minimum absolute atomic E-state index is 0.0105. The lowest BCUT2D eigenvalue weighted by Crippen LogP contribution is -2.24. The lowest BCUT2D eigenvalue weighted by Gasteiger charge is -2.12. The topological polar surface area (TPSA) is 133 Å². The van der Waals surface area contributed by atoms with Crippen LogP contribution in [-0.4, -0.2) is 26.5 Å². The first-order chi connectivity index (χ1) is 12.0. The molecule has 0 atom stereocenters. The highest BCUT2D eigenvalue weighted by molar-refractivity contribution is 6.23. The molecule has 3 N–H and O–H groups in total. The highest BCUT2D eigenvalue weighted by atomic mass is 16.5. The zero-order chi connectivity index (χ0) is 17.7. The molecule has 3 aromatic rings. The van der Waals surface area contributed by atoms with E-state index in [0.29, 0.717) is 23.0 Å². The summed E-state index contributed by atoms with van der Waals surface area (Å²) in [5.41, 5.74) is 6.45. The van der Waals surface area contributed by atoms with Gasteiger partial charge in [-0.1, -0.05) is 11.2 Å². The van der Waals surface area contributed by atoms with Gasteiger partial charge in [-0.05, 0) is 25.1 Å². The summed E-state index contributed by atoms with van der Waals surface area (Å²) in [5, 5.41) is 5.85. The summed E-state index contributed by atoms with van der Waals surface area (Å²) in [5.74, 6) is -0.601. The van der Waals surface area contributed by atoms with Gasteiger partial charge < -0.3 is 10.3 Å². The quantitative estimate of drug-likeness (QED) is 0.656. The Labute approximate surface area is 140 Å². The van der Waals surface area contributed by atoms with Crippen LogP contribution in [0.1, 0.15) is 26.5 Å². The first-order valence-corrected chi connectivity index (χ1v) is 7.28. The Bertz CT molecular complexity index is 1110. The number of nitrogens with zero attached hydrogens (tertiary/aromatic N) is 3. The first-order valence-electron chi connectivity index (χ1n) is 7.28. The molecular weight excluding hydrogens is 326 g/mol. The van der Waals surface area contributed by atoms with E-state index in [0.717, 1.165) is 10.6 Å². The number of nitrogens with two attached hydrogens (primary N) is 1. The fourth-order valence-electron chi connectivity index (χ4n) is 2.74. The second-order valence-electron chi connectivity index (χ2n) is 5.47. The van der Waals surface area contributed by atoms with Crippen molar-refractivity contribution < 1.29 is 14.1 Å². The number of pyridine rings is 1. The van der Waals surface area contributed by atoms with Crippen molar-refractivity contribution in [1.29, 1.82) is 0 Å². The minimum atomic E-state index is -0.633. The average molecular weight is 337 g/mol. The maximum atomic E-state index is 12.4. The van der Waals surface area contributed by atoms with Gasteiger partial charge in [0.15, 0.2) is 5.82 Å². The van der Waals surface area contributed by atoms with Crippen molar-refractivity contribution in [3.05, 3.63) is 57.6 Å². The molecule has 0 spiro atoms. The molecule has 0 radical (unpaired) electrons. The number of amides is 2. The third-order valence-electron chi connectivity index (χ3n) is 3.83. The second kappa shape index (κ2) is 5.13. The molecule has 25 heavy (non-hydrogen) atoms. The third-order valence-corrected chi connectivity index (χ3v) is 3.83. The molecule has 0 saturated heterocycles. The largest absolute Gasteiger partial charge is 0.384 e. The number of carbonyl (C=O) groups excluding carboxylic acids is 2. The Balaban J connectivity index is 1.92. The Kier molecular flexibility index (Phi) is 3.04. The highest BCUT2D eigenvalue weighted by Gasteiger charge is 2.31. The van der Waals surface area contributed by atoms with Crippen LogP contribution in [0.3, 0.4) is 0 Å². The first kappa shape index (κ1) is 14.8. The summed E-state index contributed by atoms with van der Waals surface area (Å²) in [7, 11) is 0. The van der Waals surface area contributed by atoms with Crippen LogP contribution in [0, 0.1) is 6.92 Å². The number of fused-ring (bicyclic) bond motifs is 1. The van der Waals surface area contributed by atoms with E-state index in [1.165, 1.54) is 0 Å². The van der Waals surface area contributed by atoms with Crippen LogP contribution in [0.15, 0.2) is 39.6 Å². The van der Waals surface area contributed by atoms with Gasteiger partial charge in [-0.25, -0.2) is 0 Å². The van der Waals surface area contributed by atoms with Crippen molar-refractivity contribution in [2.24, 2.45) is 0 Å². The maximum absolute atomic E-state index is 12.4. The van der Waals surface area contributed by atoms with Crippen LogP contribution >= 0.6 is 0 Å². The number of nitrogens with one attached hydrogen (secondary N) is 1. The lowest BCUT2D eigenvalue weighted by atomic mass is 10.1. The molecule has 2 aromatic heterocycles. The number of aryl methyl sites for hydroxylation is 1. The number of imide groups is 1. The smallest absolute Gasteiger partial charge is 0.262 e. The minimum Gasteiger partial charge on any atom is -0.384 e. The average Bonchev–Trinajstić information content (AvgIpc) is 3.12. The SMILES string of the molecule is Cc1noc(-c2cccc(-n3c(N)c4c(cc3=O)C(=O)NC4=O)c2)n1. The van der Waals surface area contributed by atoms with Crippen LogP contribution in [0.25, 0.3) is 17.1 Å². The number of anilines is 1. The van der Waals surface area contributed by atoms with Gasteiger partial charge in [0, 0.05) is 11.6 Å². The molecule has 1 aliphatic heterocycles. The van der Waals surface area contributed by atoms with E-state index in [-0.39, 0.29) is 16.9 Å². The van der Waals surface area contributed by atoms with E-state index < -0.39 is 17.4 Å². The van der Waals surface area contributed by atoms with Crippen molar-refractivity contribution >= 4 is 17.6 Å². The molecular formula is C16H11N5O4. The van der Waals surface area contributed by atoms with Crippen molar-refractivity contribution in [2.45, 2.75) is 6.92 Å². The van der Waals surface area contributed by atoms with Crippen LogP contribution in [-0.2, 0) is 0 Å². The Morgan fingerprint density at radius 2 is 1.96 bits per heavy atom. The van der Waals surface area contributed by atoms with E-state index in [2.05, 4.69) is 15.5 Å². The van der Waals surface area contributed by atoms with E-state index >= 15 is 0 Å². The molecule has 0 unspecified atom stereocenters. The van der Waals surface area contributed by atoms with Gasteiger partial charge in [-0.2, -0.15) is 4.98 Å². The molecule has 0 aliphatic carbocycles. The van der Waals surface area contributed by atoms with Gasteiger partial charge in [0.2, 0.25) is 0 Å². The zero-order valence-corrected chi connectivity index (χ0v) is 12.9. The Hall–Kier alpha value is -3.75. The number of hydrogen-bond donors (Lipinski definition) is 2. The van der Waals surface area contributed by atoms with Gasteiger partial charge in [-0.3, -0.25) is 24.3 Å². The molecule has 0 fully saturated rings. The van der Waals surface area contributed by atoms with E-state index in [9.17, 15) is 14.4 Å². The maximum Gasteiger partial charge on any atom is 0.262 e. The van der Waals surface area contributed by atoms with Crippen molar-refractivity contribution in [3.8, 4) is 17.1 Å². The number of aromatic nitrogens is 3. The number of nitrogen functional groups attached to an aromatic ring is 1. The Morgan fingerprint density at radius 3 is 2.68 bits per heavy atom. The fraction of sp³-hybridized carbons (Fsp3) is 0.0625. The number of hydrogen-bond acceptors (Lipinski definition) is 7. The third kappa shape index (κ3) is 2.21.